The molecule has 1 aliphatic rings. The number of anilines is 1. The van der Waals surface area contributed by atoms with E-state index in [0.717, 1.165) is 10.6 Å². The van der Waals surface area contributed by atoms with Gasteiger partial charge in [-0.05, 0) is 35.9 Å². The molecule has 0 radical (unpaired) electrons. The van der Waals surface area contributed by atoms with Crippen LogP contribution in [0.5, 0.6) is 11.5 Å². The molecule has 1 heterocycles. The Morgan fingerprint density at radius 1 is 1.19 bits per heavy atom. The van der Waals surface area contributed by atoms with Crippen LogP contribution in [0.15, 0.2) is 53.6 Å². The summed E-state index contributed by atoms with van der Waals surface area (Å²) < 4.78 is 35.4. The van der Waals surface area contributed by atoms with Gasteiger partial charge in [0.15, 0.2) is 11.5 Å². The minimum Gasteiger partial charge on any atom is -0.454 e. The predicted molar refractivity (Wildman–Crippen MR) is 96.9 cm³/mol. The monoisotopic (exact) mass is 375 g/mol. The first-order valence-corrected chi connectivity index (χ1v) is 9.52. The zero-order chi connectivity index (χ0) is 18.6. The van der Waals surface area contributed by atoms with Crippen LogP contribution in [0.2, 0.25) is 0 Å². The lowest BCUT2D eigenvalue weighted by atomic mass is 10.2. The van der Waals surface area contributed by atoms with Gasteiger partial charge >= 0.3 is 0 Å². The number of carbonyl (C=O) groups is 1. The van der Waals surface area contributed by atoms with Crippen LogP contribution in [-0.4, -0.2) is 40.1 Å². The van der Waals surface area contributed by atoms with Crippen molar-refractivity contribution in [1.82, 2.24) is 5.43 Å². The molecule has 2 aromatic carbocycles. The summed E-state index contributed by atoms with van der Waals surface area (Å²) in [5, 5.41) is 3.85. The Morgan fingerprint density at radius 3 is 2.65 bits per heavy atom. The number of rotatable bonds is 6. The first kappa shape index (κ1) is 17.7. The molecular formula is C17H17N3O5S. The maximum Gasteiger partial charge on any atom is 0.260 e. The molecule has 3 rings (SSSR count). The fourth-order valence-electron chi connectivity index (χ4n) is 2.33. The van der Waals surface area contributed by atoms with Crippen molar-refractivity contribution < 1.29 is 22.7 Å². The van der Waals surface area contributed by atoms with Gasteiger partial charge < -0.3 is 9.47 Å². The largest absolute Gasteiger partial charge is 0.454 e. The van der Waals surface area contributed by atoms with Crippen molar-refractivity contribution in [3.8, 4) is 11.5 Å². The molecule has 0 atom stereocenters. The Balaban J connectivity index is 1.64. The van der Waals surface area contributed by atoms with Crippen LogP contribution >= 0.6 is 0 Å². The van der Waals surface area contributed by atoms with E-state index in [0.29, 0.717) is 22.7 Å². The number of hydrogen-bond donors (Lipinski definition) is 1. The van der Waals surface area contributed by atoms with Crippen molar-refractivity contribution in [3.63, 3.8) is 0 Å². The Kier molecular flexibility index (Phi) is 5.08. The Morgan fingerprint density at radius 2 is 1.92 bits per heavy atom. The van der Waals surface area contributed by atoms with Crippen molar-refractivity contribution in [2.24, 2.45) is 5.10 Å². The number of nitrogens with zero attached hydrogens (tertiary/aromatic N) is 2. The number of nitrogens with one attached hydrogen (secondary N) is 1. The average Bonchev–Trinajstić information content (AvgIpc) is 3.07. The zero-order valence-electron chi connectivity index (χ0n) is 14.0. The van der Waals surface area contributed by atoms with Gasteiger partial charge in [-0.2, -0.15) is 5.10 Å². The average molecular weight is 375 g/mol. The lowest BCUT2D eigenvalue weighted by Crippen LogP contribution is -2.38. The fraction of sp³-hybridized carbons (Fsp3) is 0.176. The van der Waals surface area contributed by atoms with E-state index in [1.807, 2.05) is 0 Å². The number of carbonyl (C=O) groups excluding carboxylic acids is 1. The van der Waals surface area contributed by atoms with Crippen molar-refractivity contribution in [1.29, 1.82) is 0 Å². The van der Waals surface area contributed by atoms with Crippen LogP contribution in [0.4, 0.5) is 5.69 Å². The predicted octanol–water partition coefficient (Wildman–Crippen LogP) is 1.33. The summed E-state index contributed by atoms with van der Waals surface area (Å²) in [6.45, 7) is -0.200. The van der Waals surface area contributed by atoms with Crippen molar-refractivity contribution >= 4 is 27.8 Å². The van der Waals surface area contributed by atoms with Gasteiger partial charge in [0.25, 0.3) is 5.91 Å². The van der Waals surface area contributed by atoms with Crippen molar-refractivity contribution in [3.05, 3.63) is 54.1 Å². The summed E-state index contributed by atoms with van der Waals surface area (Å²) in [5.41, 5.74) is 3.44. The van der Waals surface area contributed by atoms with E-state index in [1.54, 1.807) is 48.5 Å². The molecule has 0 saturated carbocycles. The number of ether oxygens (including phenoxy) is 2. The Labute approximate surface area is 151 Å². The number of fused-ring (bicyclic) bond motifs is 1. The highest BCUT2D eigenvalue weighted by atomic mass is 32.2. The molecule has 0 unspecified atom stereocenters. The molecule has 26 heavy (non-hydrogen) atoms. The molecule has 9 heteroatoms. The number of amides is 1. The van der Waals surface area contributed by atoms with Crippen LogP contribution in [0.3, 0.4) is 0 Å². The molecule has 0 bridgehead atoms. The van der Waals surface area contributed by atoms with E-state index in [1.165, 1.54) is 6.21 Å². The van der Waals surface area contributed by atoms with Crippen LogP contribution < -0.4 is 19.2 Å². The van der Waals surface area contributed by atoms with Crippen molar-refractivity contribution in [2.75, 3.05) is 23.9 Å². The molecule has 136 valence electrons. The van der Waals surface area contributed by atoms with E-state index < -0.39 is 15.9 Å². The summed E-state index contributed by atoms with van der Waals surface area (Å²) >= 11 is 0. The second-order valence-electron chi connectivity index (χ2n) is 5.51. The van der Waals surface area contributed by atoms with Crippen LogP contribution in [0.25, 0.3) is 0 Å². The molecule has 8 nitrogen and oxygen atoms in total. The van der Waals surface area contributed by atoms with Crippen molar-refractivity contribution in [2.45, 2.75) is 0 Å². The number of hydrazone groups is 1. The summed E-state index contributed by atoms with van der Waals surface area (Å²) in [6, 6.07) is 13.6. The van der Waals surface area contributed by atoms with E-state index >= 15 is 0 Å². The normalized spacial score (nSPS) is 13.0. The lowest BCUT2D eigenvalue weighted by Gasteiger charge is -2.21. The number of para-hydroxylation sites is 1. The molecule has 0 aromatic heterocycles. The summed E-state index contributed by atoms with van der Waals surface area (Å²) in [7, 11) is -3.61. The van der Waals surface area contributed by atoms with E-state index in [9.17, 15) is 13.2 Å². The highest BCUT2D eigenvalue weighted by molar-refractivity contribution is 7.92. The van der Waals surface area contributed by atoms with Crippen LogP contribution in [0, 0.1) is 0 Å². The van der Waals surface area contributed by atoms with Gasteiger partial charge in [-0.3, -0.25) is 9.10 Å². The van der Waals surface area contributed by atoms with Gasteiger partial charge in [-0.1, -0.05) is 18.2 Å². The van der Waals surface area contributed by atoms with E-state index in [-0.39, 0.29) is 13.3 Å². The van der Waals surface area contributed by atoms with Gasteiger partial charge in [-0.15, -0.1) is 0 Å². The summed E-state index contributed by atoms with van der Waals surface area (Å²) in [4.78, 5) is 12.1. The molecule has 1 amide bonds. The van der Waals surface area contributed by atoms with E-state index in [4.69, 9.17) is 9.47 Å². The molecule has 0 fully saturated rings. The standard InChI is InChI=1S/C17H17N3O5S/c1-26(22,23)20(14-5-3-2-4-6-14)11-17(21)19-18-10-13-7-8-15-16(9-13)25-12-24-15/h2-10H,11-12H2,1H3,(H,19,21)/b18-10-. The number of hydrogen-bond acceptors (Lipinski definition) is 6. The summed E-state index contributed by atoms with van der Waals surface area (Å²) in [5.74, 6) is 0.696. The smallest absolute Gasteiger partial charge is 0.260 e. The zero-order valence-corrected chi connectivity index (χ0v) is 14.8. The second-order valence-corrected chi connectivity index (χ2v) is 7.42. The molecule has 1 aliphatic heterocycles. The summed E-state index contributed by atoms with van der Waals surface area (Å²) in [6.07, 6.45) is 2.48. The Hall–Kier alpha value is -3.07. The third-order valence-corrected chi connectivity index (χ3v) is 4.67. The van der Waals surface area contributed by atoms with E-state index in [2.05, 4.69) is 10.5 Å². The molecule has 2 aromatic rings. The SMILES string of the molecule is CS(=O)(=O)N(CC(=O)N/N=C\c1ccc2c(c1)OCO2)c1ccccc1. The van der Waals surface area contributed by atoms with Gasteiger partial charge in [0.2, 0.25) is 16.8 Å². The number of benzene rings is 2. The lowest BCUT2D eigenvalue weighted by molar-refractivity contribution is -0.119. The first-order valence-electron chi connectivity index (χ1n) is 7.68. The topological polar surface area (TPSA) is 97.3 Å². The molecule has 0 spiro atoms. The molecule has 1 N–H and O–H groups in total. The van der Waals surface area contributed by atoms with Gasteiger partial charge in [0.05, 0.1) is 18.2 Å². The van der Waals surface area contributed by atoms with Crippen LogP contribution in [-0.2, 0) is 14.8 Å². The highest BCUT2D eigenvalue weighted by Crippen LogP contribution is 2.31. The molecule has 0 aliphatic carbocycles. The van der Waals surface area contributed by atoms with Gasteiger partial charge in [0, 0.05) is 0 Å². The van der Waals surface area contributed by atoms with Crippen LogP contribution in [0.1, 0.15) is 5.56 Å². The number of sulfonamides is 1. The minimum atomic E-state index is -3.61. The third kappa shape index (κ3) is 4.31. The maximum absolute atomic E-state index is 12.1. The van der Waals surface area contributed by atoms with Gasteiger partial charge in [0.1, 0.15) is 6.54 Å². The maximum atomic E-state index is 12.1. The molecular weight excluding hydrogens is 358 g/mol. The fourth-order valence-corrected chi connectivity index (χ4v) is 3.19. The highest BCUT2D eigenvalue weighted by Gasteiger charge is 2.20. The first-order chi connectivity index (χ1) is 12.4. The molecule has 0 saturated heterocycles. The minimum absolute atomic E-state index is 0.174. The second kappa shape index (κ2) is 7.44. The Bertz CT molecular complexity index is 929. The van der Waals surface area contributed by atoms with Gasteiger partial charge in [-0.25, -0.2) is 13.8 Å². The third-order valence-electron chi connectivity index (χ3n) is 3.53. The quantitative estimate of drug-likeness (QED) is 0.607.